The van der Waals surface area contributed by atoms with Crippen LogP contribution in [0.2, 0.25) is 0 Å². The quantitative estimate of drug-likeness (QED) is 0.117. The molecular formula is C94H52N4. The molecule has 0 atom stereocenters. The van der Waals surface area contributed by atoms with Crippen LogP contribution in [0.4, 0.5) is 11.4 Å². The monoisotopic (exact) mass is 1240 g/mol. The summed E-state index contributed by atoms with van der Waals surface area (Å²) >= 11 is 0. The van der Waals surface area contributed by atoms with Crippen LogP contribution in [0.3, 0.4) is 0 Å². The van der Waals surface area contributed by atoms with Gasteiger partial charge in [0, 0.05) is 44.0 Å². The second kappa shape index (κ2) is 20.6. The maximum Gasteiger partial charge on any atom is 0.189 e. The van der Waals surface area contributed by atoms with Crippen molar-refractivity contribution in [3.05, 3.63) is 338 Å². The van der Waals surface area contributed by atoms with E-state index in [9.17, 15) is 0 Å². The van der Waals surface area contributed by atoms with Crippen molar-refractivity contribution in [3.8, 4) is 55.9 Å². The molecule has 0 aliphatic carbocycles. The van der Waals surface area contributed by atoms with Crippen molar-refractivity contribution in [2.45, 2.75) is 0 Å². The van der Waals surface area contributed by atoms with Gasteiger partial charge < -0.3 is 9.13 Å². The zero-order valence-corrected chi connectivity index (χ0v) is 52.8. The molecule has 20 aromatic carbocycles. The Morgan fingerprint density at radius 1 is 0.194 bits per heavy atom. The van der Waals surface area contributed by atoms with E-state index in [1.54, 1.807) is 0 Å². The van der Waals surface area contributed by atoms with E-state index < -0.39 is 0 Å². The molecule has 0 fully saturated rings. The number of para-hydroxylation sites is 2. The predicted molar refractivity (Wildman–Crippen MR) is 416 cm³/mol. The highest BCUT2D eigenvalue weighted by molar-refractivity contribution is 6.30. The molecule has 0 amide bonds. The number of nitrogens with zero attached hydrogens (tertiary/aromatic N) is 4. The van der Waals surface area contributed by atoms with E-state index in [1.807, 2.05) is 24.3 Å². The molecule has 22 rings (SSSR count). The fourth-order valence-electron chi connectivity index (χ4n) is 16.9. The predicted octanol–water partition coefficient (Wildman–Crippen LogP) is 26.6. The first-order valence-corrected chi connectivity index (χ1v) is 33.4. The first kappa shape index (κ1) is 54.1. The van der Waals surface area contributed by atoms with Crippen LogP contribution in [0, 0.1) is 13.1 Å². The zero-order valence-electron chi connectivity index (χ0n) is 52.8. The molecule has 4 nitrogen and oxygen atoms in total. The van der Waals surface area contributed by atoms with Crippen LogP contribution in [0.5, 0.6) is 0 Å². The molecule has 0 saturated carbocycles. The number of fused-ring (bicyclic) bond motifs is 2. The lowest BCUT2D eigenvalue weighted by Gasteiger charge is -2.16. The van der Waals surface area contributed by atoms with Crippen molar-refractivity contribution >= 4 is 163 Å². The molecule has 2 aromatic heterocycles. The largest absolute Gasteiger partial charge is 0.310 e. The van der Waals surface area contributed by atoms with Gasteiger partial charge in [-0.2, -0.15) is 0 Å². The summed E-state index contributed by atoms with van der Waals surface area (Å²) in [6, 6.07) is 115. The average Bonchev–Trinajstić information content (AvgIpc) is 1.51. The molecule has 0 aliphatic rings. The Bertz CT molecular complexity index is 7030. The molecule has 0 bridgehead atoms. The lowest BCUT2D eigenvalue weighted by Crippen LogP contribution is -1.93. The topological polar surface area (TPSA) is 18.6 Å². The number of rotatable bonds is 6. The molecule has 2 heterocycles. The van der Waals surface area contributed by atoms with E-state index >= 15 is 0 Å². The van der Waals surface area contributed by atoms with Crippen molar-refractivity contribution in [2.24, 2.45) is 0 Å². The molecule has 0 spiro atoms. The fourth-order valence-corrected chi connectivity index (χ4v) is 16.9. The second-order valence-electron chi connectivity index (χ2n) is 26.6. The van der Waals surface area contributed by atoms with Gasteiger partial charge in [0.25, 0.3) is 0 Å². The molecule has 0 saturated heterocycles. The van der Waals surface area contributed by atoms with Crippen molar-refractivity contribution < 1.29 is 0 Å². The van der Waals surface area contributed by atoms with Crippen LogP contribution >= 0.6 is 0 Å². The Hall–Kier alpha value is -13.4. The van der Waals surface area contributed by atoms with Gasteiger partial charge in [-0.1, -0.05) is 188 Å². The summed E-state index contributed by atoms with van der Waals surface area (Å²) in [5.74, 6) is 0. The Kier molecular flexibility index (Phi) is 11.3. The lowest BCUT2D eigenvalue weighted by molar-refractivity contribution is 1.18. The number of hydrogen-bond acceptors (Lipinski definition) is 0. The Morgan fingerprint density at radius 2 is 0.490 bits per heavy atom. The third-order valence-electron chi connectivity index (χ3n) is 21.1. The summed E-state index contributed by atoms with van der Waals surface area (Å²) in [5, 5.41) is 30.0. The first-order valence-electron chi connectivity index (χ1n) is 33.4. The van der Waals surface area contributed by atoms with Crippen molar-refractivity contribution in [1.29, 1.82) is 0 Å². The third-order valence-corrected chi connectivity index (χ3v) is 21.1. The Labute approximate surface area is 562 Å². The van der Waals surface area contributed by atoms with Gasteiger partial charge in [0.15, 0.2) is 11.4 Å². The first-order chi connectivity index (χ1) is 48.4. The maximum absolute atomic E-state index is 7.79. The summed E-state index contributed by atoms with van der Waals surface area (Å²) in [6.07, 6.45) is 0. The van der Waals surface area contributed by atoms with E-state index in [2.05, 4.69) is 310 Å². The highest BCUT2D eigenvalue weighted by Gasteiger charge is 2.23. The summed E-state index contributed by atoms with van der Waals surface area (Å²) in [6.45, 7) is 15.6. The highest BCUT2D eigenvalue weighted by Crippen LogP contribution is 2.48. The van der Waals surface area contributed by atoms with E-state index in [0.717, 1.165) is 44.2 Å². The fraction of sp³-hybridized carbons (Fsp3) is 0. The molecule has 4 heteroatoms. The van der Waals surface area contributed by atoms with Crippen LogP contribution < -0.4 is 0 Å². The smallest absolute Gasteiger partial charge is 0.189 e. The van der Waals surface area contributed by atoms with Crippen molar-refractivity contribution in [1.82, 2.24) is 9.13 Å². The van der Waals surface area contributed by atoms with E-state index in [4.69, 9.17) is 13.1 Å². The standard InChI is InChI=1S/2C47H26N2/c1-48-38-25-34-19-18-33-22-36(26-42-46(33)47(34)43(27-38)49(42)39-10-3-2-4-11-39)35-20-29-14-16-31-23-37(24-32-17-15-30(21-35)44(29)45(31)32)41-13-7-9-28-8-5-6-12-40(28)41;1-48-40-25-36-18-17-35-24-39(26-42-46(35)47(36)43(27-40)49(42)41-9-3-2-4-10-41)38-22-33-15-13-31-20-37(21-32-14-16-34(23-38)45(33)44(31)32)30-12-11-28-7-5-6-8-29(28)19-30/h2*2-27H. The zero-order chi connectivity index (χ0) is 64.4. The number of hydrogen-bond donors (Lipinski definition) is 0. The average molecular weight is 1240 g/mol. The minimum atomic E-state index is 0.659. The van der Waals surface area contributed by atoms with Gasteiger partial charge in [0.2, 0.25) is 0 Å². The summed E-state index contributed by atoms with van der Waals surface area (Å²) in [5.41, 5.74) is 17.8. The van der Waals surface area contributed by atoms with Gasteiger partial charge in [0.05, 0.1) is 24.2 Å². The van der Waals surface area contributed by atoms with Gasteiger partial charge in [-0.05, 0) is 280 Å². The number of aromatic nitrogens is 2. The summed E-state index contributed by atoms with van der Waals surface area (Å²) < 4.78 is 4.67. The SMILES string of the molecule is [C-]#[N+]c1cc2ccc3cc(-c4cc5ccc6cc(-c7ccc8ccccc8c7)cc7ccc(c4)c5c67)cc4c3c2c(c1)n4-c1ccccc1.[C-]#[N+]c1cc2ccc3cc(-c4cc5ccc6cc(-c7cccc8ccccc78)cc7ccc(c4)c5c67)cc4c3c2c(c1)n4-c1ccccc1. The van der Waals surface area contributed by atoms with Gasteiger partial charge in [0.1, 0.15) is 0 Å². The van der Waals surface area contributed by atoms with Crippen LogP contribution in [0.1, 0.15) is 0 Å². The Balaban J connectivity index is 0.000000129. The summed E-state index contributed by atoms with van der Waals surface area (Å²) in [7, 11) is 0. The number of benzene rings is 20. The van der Waals surface area contributed by atoms with E-state index in [0.29, 0.717) is 11.4 Å². The van der Waals surface area contributed by atoms with E-state index in [-0.39, 0.29) is 0 Å². The van der Waals surface area contributed by atoms with Gasteiger partial charge in [-0.25, -0.2) is 9.69 Å². The van der Waals surface area contributed by atoms with Crippen LogP contribution in [0.25, 0.3) is 217 Å². The lowest BCUT2D eigenvalue weighted by atomic mass is 9.88. The molecule has 98 heavy (non-hydrogen) atoms. The highest BCUT2D eigenvalue weighted by atomic mass is 15.0. The second-order valence-corrected chi connectivity index (χ2v) is 26.6. The Morgan fingerprint density at radius 3 is 0.908 bits per heavy atom. The van der Waals surface area contributed by atoms with Gasteiger partial charge in [-0.3, -0.25) is 0 Å². The van der Waals surface area contributed by atoms with Crippen LogP contribution in [-0.4, -0.2) is 9.13 Å². The van der Waals surface area contributed by atoms with Crippen LogP contribution in [-0.2, 0) is 0 Å². The molecule has 0 radical (unpaired) electrons. The third kappa shape index (κ3) is 8.04. The van der Waals surface area contributed by atoms with E-state index in [1.165, 1.54) is 163 Å². The molecule has 0 aliphatic heterocycles. The van der Waals surface area contributed by atoms with Gasteiger partial charge in [-0.15, -0.1) is 0 Å². The minimum Gasteiger partial charge on any atom is -0.310 e. The molecule has 0 N–H and O–H groups in total. The minimum absolute atomic E-state index is 0.659. The van der Waals surface area contributed by atoms with Crippen molar-refractivity contribution in [2.75, 3.05) is 0 Å². The molecule has 22 aromatic rings. The van der Waals surface area contributed by atoms with Crippen molar-refractivity contribution in [3.63, 3.8) is 0 Å². The molecule has 0 unspecified atom stereocenters. The normalized spacial score (nSPS) is 12.1. The van der Waals surface area contributed by atoms with Gasteiger partial charge >= 0.3 is 0 Å². The molecular weight excluding hydrogens is 1190 g/mol. The molecule has 448 valence electrons. The van der Waals surface area contributed by atoms with Crippen LogP contribution in [0.15, 0.2) is 315 Å². The summed E-state index contributed by atoms with van der Waals surface area (Å²) in [4.78, 5) is 7.64. The maximum atomic E-state index is 7.79.